The van der Waals surface area contributed by atoms with Crippen LogP contribution in [-0.2, 0) is 21.2 Å². The molecule has 0 aliphatic carbocycles. The number of hydrogen-bond donors (Lipinski definition) is 1. The van der Waals surface area contributed by atoms with E-state index in [-0.39, 0.29) is 11.3 Å². The van der Waals surface area contributed by atoms with Crippen molar-refractivity contribution in [1.82, 2.24) is 14.3 Å². The Labute approximate surface area is 171 Å². The van der Waals surface area contributed by atoms with Gasteiger partial charge in [-0.3, -0.25) is 4.79 Å². The van der Waals surface area contributed by atoms with E-state index in [9.17, 15) is 13.2 Å². The number of aryl methyl sites for hydroxylation is 1. The van der Waals surface area contributed by atoms with Crippen LogP contribution in [0.25, 0.3) is 0 Å². The second kappa shape index (κ2) is 8.07. The topological polar surface area (TPSA) is 104 Å². The van der Waals surface area contributed by atoms with Crippen molar-refractivity contribution in [2.24, 2.45) is 0 Å². The molecule has 0 saturated carbocycles. The Morgan fingerprint density at radius 1 is 1.19 bits per heavy atom. The zero-order chi connectivity index (χ0) is 19.6. The van der Waals surface area contributed by atoms with Crippen LogP contribution in [0.3, 0.4) is 0 Å². The van der Waals surface area contributed by atoms with Crippen molar-refractivity contribution in [2.45, 2.75) is 18.2 Å². The zero-order valence-electron chi connectivity index (χ0n) is 14.7. The van der Waals surface area contributed by atoms with Crippen LogP contribution in [0.1, 0.15) is 11.1 Å². The van der Waals surface area contributed by atoms with Gasteiger partial charge in [-0.2, -0.15) is 4.31 Å². The lowest BCUT2D eigenvalue weighted by Gasteiger charge is -2.34. The molecule has 0 bridgehead atoms. The zero-order valence-corrected chi connectivity index (χ0v) is 17.6. The molecule has 0 amide bonds. The molecule has 1 aliphatic heterocycles. The molecule has 0 radical (unpaired) electrons. The van der Waals surface area contributed by atoms with Gasteiger partial charge in [0, 0.05) is 26.2 Å². The summed E-state index contributed by atoms with van der Waals surface area (Å²) in [5.41, 5.74) is 1.27. The van der Waals surface area contributed by atoms with Crippen molar-refractivity contribution < 1.29 is 18.3 Å². The number of aliphatic carboxylic acids is 1. The highest BCUT2D eigenvalue weighted by atomic mass is 127. The van der Waals surface area contributed by atoms with Crippen molar-refractivity contribution in [3.8, 4) is 0 Å². The first-order valence-electron chi connectivity index (χ1n) is 8.31. The summed E-state index contributed by atoms with van der Waals surface area (Å²) in [5.74, 6) is -0.258. The highest BCUT2D eigenvalue weighted by Crippen LogP contribution is 2.22. The predicted octanol–water partition coefficient (Wildman–Crippen LogP) is 1.53. The van der Waals surface area contributed by atoms with Crippen LogP contribution in [-0.4, -0.2) is 59.9 Å². The van der Waals surface area contributed by atoms with Gasteiger partial charge in [0.05, 0.1) is 23.7 Å². The van der Waals surface area contributed by atoms with Crippen LogP contribution in [0, 0.1) is 10.6 Å². The third-order valence-corrected chi connectivity index (χ3v) is 6.92. The van der Waals surface area contributed by atoms with Crippen LogP contribution >= 0.6 is 22.6 Å². The standard InChI is InChI=1S/C17H19IN4O4S/c1-12-2-3-14(8-13(12)9-17(23)24)27(25,26)22-6-4-21(5-7-22)16-11-19-15(18)10-20-16/h2-3,8,10-11H,4-7,9H2,1H3,(H,23,24). The molecule has 10 heteroatoms. The van der Waals surface area contributed by atoms with E-state index >= 15 is 0 Å². The van der Waals surface area contributed by atoms with E-state index < -0.39 is 16.0 Å². The van der Waals surface area contributed by atoms with Gasteiger partial charge >= 0.3 is 5.97 Å². The minimum absolute atomic E-state index is 0.131. The first-order chi connectivity index (χ1) is 12.8. The van der Waals surface area contributed by atoms with Gasteiger partial charge in [0.15, 0.2) is 0 Å². The fourth-order valence-corrected chi connectivity index (χ4v) is 4.69. The molecule has 27 heavy (non-hydrogen) atoms. The number of carboxylic acid groups (broad SMARTS) is 1. The van der Waals surface area contributed by atoms with Crippen molar-refractivity contribution >= 4 is 44.4 Å². The molecule has 8 nitrogen and oxygen atoms in total. The lowest BCUT2D eigenvalue weighted by atomic mass is 10.1. The van der Waals surface area contributed by atoms with Crippen LogP contribution < -0.4 is 4.90 Å². The minimum Gasteiger partial charge on any atom is -0.481 e. The van der Waals surface area contributed by atoms with Crippen LogP contribution in [0.5, 0.6) is 0 Å². The Morgan fingerprint density at radius 2 is 1.89 bits per heavy atom. The van der Waals surface area contributed by atoms with E-state index in [1.54, 1.807) is 25.4 Å². The van der Waals surface area contributed by atoms with Gasteiger partial charge in [-0.05, 0) is 52.8 Å². The average molecular weight is 502 g/mol. The van der Waals surface area contributed by atoms with Gasteiger partial charge in [-0.25, -0.2) is 18.4 Å². The fraction of sp³-hybridized carbons (Fsp3) is 0.353. The molecule has 1 aliphatic rings. The molecule has 1 aromatic heterocycles. The highest BCUT2D eigenvalue weighted by Gasteiger charge is 2.29. The lowest BCUT2D eigenvalue weighted by molar-refractivity contribution is -0.136. The van der Waals surface area contributed by atoms with Gasteiger partial charge in [-0.1, -0.05) is 6.07 Å². The Kier molecular flexibility index (Phi) is 5.96. The Bertz CT molecular complexity index is 942. The van der Waals surface area contributed by atoms with Gasteiger partial charge < -0.3 is 10.0 Å². The number of aromatic nitrogens is 2. The largest absolute Gasteiger partial charge is 0.481 e. The van der Waals surface area contributed by atoms with E-state index in [0.29, 0.717) is 31.7 Å². The summed E-state index contributed by atoms with van der Waals surface area (Å²) in [6.07, 6.45) is 3.16. The third kappa shape index (κ3) is 4.55. The molecular weight excluding hydrogens is 483 g/mol. The number of halogens is 1. The SMILES string of the molecule is Cc1ccc(S(=O)(=O)N2CCN(c3cnc(I)cn3)CC2)cc1CC(=O)O. The van der Waals surface area contributed by atoms with Crippen LogP contribution in [0.15, 0.2) is 35.5 Å². The van der Waals surface area contributed by atoms with E-state index in [1.807, 2.05) is 4.90 Å². The second-order valence-corrected chi connectivity index (χ2v) is 9.29. The third-order valence-electron chi connectivity index (χ3n) is 4.47. The Morgan fingerprint density at radius 3 is 2.48 bits per heavy atom. The summed E-state index contributed by atoms with van der Waals surface area (Å²) < 4.78 is 28.1. The number of carbonyl (C=O) groups is 1. The molecule has 144 valence electrons. The lowest BCUT2D eigenvalue weighted by Crippen LogP contribution is -2.49. The molecule has 1 N–H and O–H groups in total. The van der Waals surface area contributed by atoms with Crippen molar-refractivity contribution in [3.63, 3.8) is 0 Å². The quantitative estimate of drug-likeness (QED) is 0.619. The van der Waals surface area contributed by atoms with E-state index in [1.165, 1.54) is 16.4 Å². The molecule has 1 fully saturated rings. The summed E-state index contributed by atoms with van der Waals surface area (Å²) in [5, 5.41) is 9.01. The Balaban J connectivity index is 1.75. The van der Waals surface area contributed by atoms with Crippen LogP contribution in [0.2, 0.25) is 0 Å². The highest BCUT2D eigenvalue weighted by molar-refractivity contribution is 14.1. The van der Waals surface area contributed by atoms with Crippen molar-refractivity contribution in [3.05, 3.63) is 45.4 Å². The molecule has 0 atom stereocenters. The van der Waals surface area contributed by atoms with E-state index in [4.69, 9.17) is 5.11 Å². The number of benzene rings is 1. The maximum Gasteiger partial charge on any atom is 0.307 e. The normalized spacial score (nSPS) is 15.7. The number of carboxylic acids is 1. The number of nitrogens with zero attached hydrogens (tertiary/aromatic N) is 4. The minimum atomic E-state index is -3.67. The maximum atomic E-state index is 13.0. The Hall–Kier alpha value is -1.79. The number of hydrogen-bond acceptors (Lipinski definition) is 6. The molecule has 2 aromatic rings. The molecule has 3 rings (SSSR count). The molecule has 0 spiro atoms. The number of piperazine rings is 1. The summed E-state index contributed by atoms with van der Waals surface area (Å²) in [6, 6.07) is 4.66. The summed E-state index contributed by atoms with van der Waals surface area (Å²) in [7, 11) is -3.67. The van der Waals surface area contributed by atoms with E-state index in [0.717, 1.165) is 15.1 Å². The van der Waals surface area contributed by atoms with Crippen molar-refractivity contribution in [2.75, 3.05) is 31.1 Å². The van der Waals surface area contributed by atoms with Gasteiger partial charge in [0.1, 0.15) is 9.52 Å². The van der Waals surface area contributed by atoms with Crippen LogP contribution in [0.4, 0.5) is 5.82 Å². The second-order valence-electron chi connectivity index (χ2n) is 6.25. The summed E-state index contributed by atoms with van der Waals surface area (Å²) >= 11 is 2.08. The monoisotopic (exact) mass is 502 g/mol. The first-order valence-corrected chi connectivity index (χ1v) is 10.8. The molecular formula is C17H19IN4O4S. The average Bonchev–Trinajstić information content (AvgIpc) is 2.64. The van der Waals surface area contributed by atoms with E-state index in [2.05, 4.69) is 32.6 Å². The number of sulfonamides is 1. The summed E-state index contributed by atoms with van der Waals surface area (Å²) in [4.78, 5) is 21.7. The number of anilines is 1. The number of rotatable bonds is 5. The molecule has 2 heterocycles. The maximum absolute atomic E-state index is 13.0. The molecule has 1 saturated heterocycles. The van der Waals surface area contributed by atoms with Crippen molar-refractivity contribution in [1.29, 1.82) is 0 Å². The summed E-state index contributed by atoms with van der Waals surface area (Å²) in [6.45, 7) is 3.47. The van der Waals surface area contributed by atoms with Gasteiger partial charge in [-0.15, -0.1) is 0 Å². The smallest absolute Gasteiger partial charge is 0.307 e. The van der Waals surface area contributed by atoms with Gasteiger partial charge in [0.25, 0.3) is 0 Å². The molecule has 1 aromatic carbocycles. The van der Waals surface area contributed by atoms with Gasteiger partial charge in [0.2, 0.25) is 10.0 Å². The predicted molar refractivity (Wildman–Crippen MR) is 108 cm³/mol. The molecule has 0 unspecified atom stereocenters. The first kappa shape index (κ1) is 20.0. The fourth-order valence-electron chi connectivity index (χ4n) is 2.94.